The summed E-state index contributed by atoms with van der Waals surface area (Å²) in [6.07, 6.45) is 9.15. The van der Waals surface area contributed by atoms with Crippen LogP contribution in [0.1, 0.15) is 45.4 Å². The number of nitrogens with one attached hydrogen (secondary N) is 1. The summed E-state index contributed by atoms with van der Waals surface area (Å²) >= 11 is 0. The van der Waals surface area contributed by atoms with E-state index in [0.29, 0.717) is 6.04 Å². The molecule has 1 N–H and O–H groups in total. The SMILES string of the molecule is CC(CNC1CCOC2(CCCC2)C1)S(C)=O. The summed E-state index contributed by atoms with van der Waals surface area (Å²) in [4.78, 5) is 0. The molecule has 3 unspecified atom stereocenters. The van der Waals surface area contributed by atoms with E-state index < -0.39 is 10.8 Å². The zero-order valence-electron chi connectivity index (χ0n) is 11.0. The van der Waals surface area contributed by atoms with Crippen LogP contribution in [-0.4, -0.2) is 40.5 Å². The topological polar surface area (TPSA) is 38.3 Å². The molecule has 1 aliphatic heterocycles. The van der Waals surface area contributed by atoms with Crippen molar-refractivity contribution in [1.82, 2.24) is 5.32 Å². The van der Waals surface area contributed by atoms with Crippen molar-refractivity contribution in [2.45, 2.75) is 62.3 Å². The van der Waals surface area contributed by atoms with Gasteiger partial charge in [-0.3, -0.25) is 4.21 Å². The van der Waals surface area contributed by atoms with E-state index in [-0.39, 0.29) is 10.9 Å². The van der Waals surface area contributed by atoms with Gasteiger partial charge in [-0.25, -0.2) is 0 Å². The van der Waals surface area contributed by atoms with E-state index in [1.165, 1.54) is 25.7 Å². The third kappa shape index (κ3) is 3.52. The molecule has 2 rings (SSSR count). The fourth-order valence-corrected chi connectivity index (χ4v) is 3.35. The molecule has 2 fully saturated rings. The highest BCUT2D eigenvalue weighted by atomic mass is 32.2. The number of ether oxygens (including phenoxy) is 1. The molecule has 2 aliphatic rings. The molecule has 1 saturated carbocycles. The predicted molar refractivity (Wildman–Crippen MR) is 71.7 cm³/mol. The average Bonchev–Trinajstić information content (AvgIpc) is 2.74. The molecule has 0 amide bonds. The van der Waals surface area contributed by atoms with E-state index in [2.05, 4.69) is 5.32 Å². The number of hydrogen-bond donors (Lipinski definition) is 1. The Morgan fingerprint density at radius 1 is 1.47 bits per heavy atom. The van der Waals surface area contributed by atoms with Crippen LogP contribution >= 0.6 is 0 Å². The Morgan fingerprint density at radius 2 is 2.18 bits per heavy atom. The van der Waals surface area contributed by atoms with Crippen LogP contribution in [0.3, 0.4) is 0 Å². The van der Waals surface area contributed by atoms with Gasteiger partial charge < -0.3 is 10.1 Å². The van der Waals surface area contributed by atoms with E-state index in [4.69, 9.17) is 4.74 Å². The Hall–Kier alpha value is 0.0700. The summed E-state index contributed by atoms with van der Waals surface area (Å²) in [7, 11) is -0.719. The van der Waals surface area contributed by atoms with Gasteiger partial charge in [-0.2, -0.15) is 0 Å². The molecule has 17 heavy (non-hydrogen) atoms. The van der Waals surface area contributed by atoms with Crippen molar-refractivity contribution >= 4 is 10.8 Å². The van der Waals surface area contributed by atoms with Gasteiger partial charge >= 0.3 is 0 Å². The first-order valence-corrected chi connectivity index (χ1v) is 8.43. The lowest BCUT2D eigenvalue weighted by atomic mass is 9.89. The Bertz CT molecular complexity index is 277. The highest BCUT2D eigenvalue weighted by molar-refractivity contribution is 7.84. The standard InChI is InChI=1S/C13H25NO2S/c1-11(17(2)15)10-14-12-5-8-16-13(9-12)6-3-4-7-13/h11-12,14H,3-10H2,1-2H3. The van der Waals surface area contributed by atoms with E-state index in [9.17, 15) is 4.21 Å². The second-order valence-electron chi connectivity index (χ2n) is 5.65. The lowest BCUT2D eigenvalue weighted by Gasteiger charge is -2.39. The molecule has 1 spiro atoms. The fourth-order valence-electron chi connectivity index (χ4n) is 3.02. The molecular formula is C13H25NO2S. The second-order valence-corrected chi connectivity index (χ2v) is 7.45. The van der Waals surface area contributed by atoms with Crippen molar-refractivity contribution in [3.63, 3.8) is 0 Å². The fraction of sp³-hybridized carbons (Fsp3) is 1.00. The van der Waals surface area contributed by atoms with Crippen LogP contribution in [0, 0.1) is 0 Å². The van der Waals surface area contributed by atoms with Crippen molar-refractivity contribution in [1.29, 1.82) is 0 Å². The molecule has 1 heterocycles. The first kappa shape index (κ1) is 13.5. The average molecular weight is 259 g/mol. The first-order chi connectivity index (χ1) is 8.11. The van der Waals surface area contributed by atoms with Crippen LogP contribution in [-0.2, 0) is 15.5 Å². The van der Waals surface area contributed by atoms with Gasteiger partial charge in [-0.05, 0) is 32.6 Å². The molecule has 3 nitrogen and oxygen atoms in total. The third-order valence-electron chi connectivity index (χ3n) is 4.27. The van der Waals surface area contributed by atoms with E-state index >= 15 is 0 Å². The molecule has 0 aromatic rings. The second kappa shape index (κ2) is 5.81. The molecule has 3 atom stereocenters. The molecule has 1 aliphatic carbocycles. The van der Waals surface area contributed by atoms with Crippen molar-refractivity contribution in [3.8, 4) is 0 Å². The van der Waals surface area contributed by atoms with Gasteiger partial charge in [0.05, 0.1) is 5.60 Å². The van der Waals surface area contributed by atoms with Gasteiger partial charge in [0, 0.05) is 41.5 Å². The monoisotopic (exact) mass is 259 g/mol. The normalized spacial score (nSPS) is 31.5. The van der Waals surface area contributed by atoms with Crippen LogP contribution in [0.2, 0.25) is 0 Å². The Balaban J connectivity index is 1.79. The molecule has 1 saturated heterocycles. The number of rotatable bonds is 4. The van der Waals surface area contributed by atoms with Gasteiger partial charge in [0.2, 0.25) is 0 Å². The van der Waals surface area contributed by atoms with Crippen LogP contribution in [0.25, 0.3) is 0 Å². The third-order valence-corrected chi connectivity index (χ3v) is 5.57. The lowest BCUT2D eigenvalue weighted by molar-refractivity contribution is -0.0834. The Labute approximate surface area is 107 Å². The molecule has 0 bridgehead atoms. The van der Waals surface area contributed by atoms with Crippen LogP contribution in [0.5, 0.6) is 0 Å². The van der Waals surface area contributed by atoms with Crippen LogP contribution < -0.4 is 5.32 Å². The predicted octanol–water partition coefficient (Wildman–Crippen LogP) is 1.83. The van der Waals surface area contributed by atoms with E-state index in [1.807, 2.05) is 6.92 Å². The molecule has 100 valence electrons. The van der Waals surface area contributed by atoms with Crippen molar-refractivity contribution in [3.05, 3.63) is 0 Å². The maximum absolute atomic E-state index is 11.3. The maximum atomic E-state index is 11.3. The number of hydrogen-bond acceptors (Lipinski definition) is 3. The Morgan fingerprint density at radius 3 is 2.82 bits per heavy atom. The van der Waals surface area contributed by atoms with Crippen LogP contribution in [0.4, 0.5) is 0 Å². The molecule has 0 aromatic heterocycles. The lowest BCUT2D eigenvalue weighted by Crippen LogP contribution is -2.47. The van der Waals surface area contributed by atoms with Crippen LogP contribution in [0.15, 0.2) is 0 Å². The largest absolute Gasteiger partial charge is 0.375 e. The first-order valence-electron chi connectivity index (χ1n) is 6.81. The maximum Gasteiger partial charge on any atom is 0.0697 e. The smallest absolute Gasteiger partial charge is 0.0697 e. The highest BCUT2D eigenvalue weighted by Gasteiger charge is 2.39. The molecule has 4 heteroatoms. The van der Waals surface area contributed by atoms with E-state index in [0.717, 1.165) is 26.0 Å². The summed E-state index contributed by atoms with van der Waals surface area (Å²) in [5.74, 6) is 0. The summed E-state index contributed by atoms with van der Waals surface area (Å²) < 4.78 is 17.3. The minimum absolute atomic E-state index is 0.185. The Kier molecular flexibility index (Phi) is 4.61. The zero-order valence-corrected chi connectivity index (χ0v) is 11.9. The van der Waals surface area contributed by atoms with E-state index in [1.54, 1.807) is 6.26 Å². The van der Waals surface area contributed by atoms with Crippen molar-refractivity contribution in [2.24, 2.45) is 0 Å². The van der Waals surface area contributed by atoms with Gasteiger partial charge in [0.1, 0.15) is 0 Å². The van der Waals surface area contributed by atoms with Gasteiger partial charge in [-0.15, -0.1) is 0 Å². The summed E-state index contributed by atoms with van der Waals surface area (Å²) in [6.45, 7) is 3.80. The summed E-state index contributed by atoms with van der Waals surface area (Å²) in [5.41, 5.74) is 0.185. The minimum atomic E-state index is -0.719. The molecular weight excluding hydrogens is 234 g/mol. The summed E-state index contributed by atoms with van der Waals surface area (Å²) in [5, 5.41) is 3.83. The van der Waals surface area contributed by atoms with Crippen molar-refractivity contribution < 1.29 is 8.95 Å². The molecule has 0 aromatic carbocycles. The van der Waals surface area contributed by atoms with Gasteiger partial charge in [0.25, 0.3) is 0 Å². The van der Waals surface area contributed by atoms with Gasteiger partial charge in [0.15, 0.2) is 0 Å². The molecule has 0 radical (unpaired) electrons. The zero-order chi connectivity index (χ0) is 12.3. The van der Waals surface area contributed by atoms with Gasteiger partial charge in [-0.1, -0.05) is 12.8 Å². The van der Waals surface area contributed by atoms with Crippen molar-refractivity contribution in [2.75, 3.05) is 19.4 Å². The minimum Gasteiger partial charge on any atom is -0.375 e. The quantitative estimate of drug-likeness (QED) is 0.837. The summed E-state index contributed by atoms with van der Waals surface area (Å²) in [6, 6.07) is 0.563. The highest BCUT2D eigenvalue weighted by Crippen LogP contribution is 2.39.